The van der Waals surface area contributed by atoms with Crippen LogP contribution in [0.25, 0.3) is 10.8 Å². The van der Waals surface area contributed by atoms with Gasteiger partial charge in [-0.25, -0.2) is 14.6 Å². The van der Waals surface area contributed by atoms with Crippen molar-refractivity contribution in [2.45, 2.75) is 46.6 Å². The molecule has 0 unspecified atom stereocenters. The maximum Gasteiger partial charge on any atom is 0.275 e. The first kappa shape index (κ1) is 21.9. The second-order valence-corrected chi connectivity index (χ2v) is 8.58. The van der Waals surface area contributed by atoms with Crippen LogP contribution >= 0.6 is 0 Å². The summed E-state index contributed by atoms with van der Waals surface area (Å²) >= 11 is 0. The molecule has 1 aliphatic rings. The monoisotopic (exact) mass is 434 g/mol. The Bertz CT molecular complexity index is 1190. The second-order valence-electron chi connectivity index (χ2n) is 8.58. The van der Waals surface area contributed by atoms with Gasteiger partial charge in [-0.15, -0.1) is 0 Å². The minimum atomic E-state index is -0.149. The maximum absolute atomic E-state index is 13.4. The van der Waals surface area contributed by atoms with Crippen molar-refractivity contribution in [3.63, 3.8) is 0 Å². The molecule has 1 saturated heterocycles. The maximum atomic E-state index is 13.4. The summed E-state index contributed by atoms with van der Waals surface area (Å²) in [6, 6.07) is 9.23. The first-order chi connectivity index (χ1) is 15.4. The predicted octanol–water partition coefficient (Wildman–Crippen LogP) is 2.99. The minimum absolute atomic E-state index is 0.132. The summed E-state index contributed by atoms with van der Waals surface area (Å²) in [5, 5.41) is 5.62. The summed E-state index contributed by atoms with van der Waals surface area (Å²) in [6.45, 7) is 11.2. The first-order valence-corrected chi connectivity index (χ1v) is 11.3. The molecule has 2 aromatic heterocycles. The van der Waals surface area contributed by atoms with Gasteiger partial charge in [-0.05, 0) is 19.4 Å². The third kappa shape index (κ3) is 4.22. The number of benzene rings is 1. The van der Waals surface area contributed by atoms with E-state index < -0.39 is 0 Å². The fourth-order valence-corrected chi connectivity index (χ4v) is 4.04. The van der Waals surface area contributed by atoms with Crippen molar-refractivity contribution in [3.8, 4) is 0 Å². The number of hydrogen-bond donors (Lipinski definition) is 0. The highest BCUT2D eigenvalue weighted by molar-refractivity contribution is 6.04. The van der Waals surface area contributed by atoms with Crippen LogP contribution in [-0.2, 0) is 6.54 Å². The molecule has 168 valence electrons. The van der Waals surface area contributed by atoms with Gasteiger partial charge in [0.25, 0.3) is 11.5 Å². The average Bonchev–Trinajstić information content (AvgIpc) is 2.80. The highest BCUT2D eigenvalue weighted by Crippen LogP contribution is 2.20. The van der Waals surface area contributed by atoms with E-state index in [0.717, 1.165) is 23.8 Å². The molecule has 4 rings (SSSR count). The summed E-state index contributed by atoms with van der Waals surface area (Å²) in [5.41, 5.74) is 1.15. The number of aromatic nitrogens is 4. The van der Waals surface area contributed by atoms with Crippen LogP contribution in [0.3, 0.4) is 0 Å². The molecule has 0 radical (unpaired) electrons. The molecule has 1 fully saturated rings. The zero-order chi connectivity index (χ0) is 22.8. The first-order valence-electron chi connectivity index (χ1n) is 11.3. The number of amides is 1. The second kappa shape index (κ2) is 9.06. The molecule has 8 nitrogen and oxygen atoms in total. The number of carbonyl (C=O) groups excluding carboxylic acids is 1. The molecule has 1 aliphatic heterocycles. The van der Waals surface area contributed by atoms with E-state index in [4.69, 9.17) is 4.98 Å². The van der Waals surface area contributed by atoms with Crippen LogP contribution in [-0.4, -0.2) is 56.7 Å². The molecular formula is C24H30N6O2. The number of fused-ring (bicyclic) bond motifs is 1. The van der Waals surface area contributed by atoms with Crippen molar-refractivity contribution in [3.05, 3.63) is 57.9 Å². The molecule has 32 heavy (non-hydrogen) atoms. The van der Waals surface area contributed by atoms with E-state index in [-0.39, 0.29) is 17.4 Å². The Balaban J connectivity index is 1.57. The minimum Gasteiger partial charge on any atom is -0.353 e. The van der Waals surface area contributed by atoms with Gasteiger partial charge in [0.05, 0.1) is 5.39 Å². The van der Waals surface area contributed by atoms with Gasteiger partial charge in [0.2, 0.25) is 0 Å². The highest BCUT2D eigenvalue weighted by Gasteiger charge is 2.26. The van der Waals surface area contributed by atoms with Gasteiger partial charge in [0.15, 0.2) is 5.69 Å². The van der Waals surface area contributed by atoms with Gasteiger partial charge in [-0.3, -0.25) is 9.59 Å². The van der Waals surface area contributed by atoms with E-state index in [2.05, 4.69) is 28.8 Å². The summed E-state index contributed by atoms with van der Waals surface area (Å²) in [7, 11) is 0. The Labute approximate surface area is 187 Å². The normalized spacial score (nSPS) is 14.4. The largest absolute Gasteiger partial charge is 0.353 e. The Hall–Kier alpha value is -3.29. The van der Waals surface area contributed by atoms with Gasteiger partial charge in [-0.2, -0.15) is 5.10 Å². The molecule has 1 aromatic carbocycles. The van der Waals surface area contributed by atoms with E-state index in [0.29, 0.717) is 49.2 Å². The van der Waals surface area contributed by atoms with Crippen LogP contribution in [0.1, 0.15) is 55.1 Å². The van der Waals surface area contributed by atoms with Crippen molar-refractivity contribution in [1.82, 2.24) is 24.6 Å². The Kier molecular flexibility index (Phi) is 6.21. The van der Waals surface area contributed by atoms with E-state index in [1.165, 1.54) is 4.68 Å². The lowest BCUT2D eigenvalue weighted by Crippen LogP contribution is -2.49. The van der Waals surface area contributed by atoms with Gasteiger partial charge in [-0.1, -0.05) is 39.0 Å². The van der Waals surface area contributed by atoms with Crippen molar-refractivity contribution >= 4 is 22.5 Å². The van der Waals surface area contributed by atoms with Crippen molar-refractivity contribution < 1.29 is 4.79 Å². The lowest BCUT2D eigenvalue weighted by Gasteiger charge is -2.35. The summed E-state index contributed by atoms with van der Waals surface area (Å²) in [6.07, 6.45) is 0.772. The number of rotatable bonds is 5. The highest BCUT2D eigenvalue weighted by atomic mass is 16.2. The quantitative estimate of drug-likeness (QED) is 0.614. The summed E-state index contributed by atoms with van der Waals surface area (Å²) in [4.78, 5) is 39.4. The molecule has 0 aliphatic carbocycles. The number of aryl methyl sites for hydroxylation is 2. The van der Waals surface area contributed by atoms with Crippen LogP contribution in [0.2, 0.25) is 0 Å². The molecule has 8 heteroatoms. The number of piperazine rings is 1. The zero-order valence-electron chi connectivity index (χ0n) is 19.2. The Morgan fingerprint density at radius 3 is 2.41 bits per heavy atom. The van der Waals surface area contributed by atoms with E-state index >= 15 is 0 Å². The lowest BCUT2D eigenvalue weighted by molar-refractivity contribution is 0.0740. The topological polar surface area (TPSA) is 84.2 Å². The smallest absolute Gasteiger partial charge is 0.275 e. The van der Waals surface area contributed by atoms with E-state index in [9.17, 15) is 9.59 Å². The van der Waals surface area contributed by atoms with E-state index in [1.807, 2.05) is 36.9 Å². The van der Waals surface area contributed by atoms with Crippen LogP contribution in [0, 0.1) is 6.92 Å². The summed E-state index contributed by atoms with van der Waals surface area (Å²) in [5.74, 6) is 1.88. The van der Waals surface area contributed by atoms with Crippen LogP contribution < -0.4 is 10.5 Å². The summed E-state index contributed by atoms with van der Waals surface area (Å²) < 4.78 is 1.42. The Morgan fingerprint density at radius 2 is 1.75 bits per heavy atom. The van der Waals surface area contributed by atoms with Crippen molar-refractivity contribution in [2.75, 3.05) is 31.1 Å². The van der Waals surface area contributed by atoms with Crippen molar-refractivity contribution in [2.24, 2.45) is 0 Å². The molecular weight excluding hydrogens is 404 g/mol. The average molecular weight is 435 g/mol. The van der Waals surface area contributed by atoms with Gasteiger partial charge in [0.1, 0.15) is 11.6 Å². The number of hydrogen-bond acceptors (Lipinski definition) is 6. The van der Waals surface area contributed by atoms with Gasteiger partial charge in [0, 0.05) is 55.8 Å². The fourth-order valence-electron chi connectivity index (χ4n) is 4.04. The number of nitrogens with zero attached hydrogens (tertiary/aromatic N) is 6. The van der Waals surface area contributed by atoms with Gasteiger partial charge < -0.3 is 9.80 Å². The standard InChI is InChI=1S/C24H30N6O2/c1-5-10-30-23(31)19-9-7-6-8-18(19)21(27-30)24(32)29-13-11-28(12-14-29)20-15-17(4)25-22(26-20)16(2)3/h6-9,15-16H,5,10-14H2,1-4H3. The molecule has 0 spiro atoms. The third-order valence-electron chi connectivity index (χ3n) is 5.77. The molecule has 0 saturated carbocycles. The molecule has 3 aromatic rings. The van der Waals surface area contributed by atoms with Crippen LogP contribution in [0.15, 0.2) is 35.1 Å². The number of anilines is 1. The van der Waals surface area contributed by atoms with E-state index in [1.54, 1.807) is 12.1 Å². The lowest BCUT2D eigenvalue weighted by atomic mass is 10.1. The van der Waals surface area contributed by atoms with Crippen LogP contribution in [0.5, 0.6) is 0 Å². The number of carbonyl (C=O) groups is 1. The SMILES string of the molecule is CCCn1nc(C(=O)N2CCN(c3cc(C)nc(C(C)C)n3)CC2)c2ccccc2c1=O. The molecule has 0 bridgehead atoms. The molecule has 3 heterocycles. The zero-order valence-corrected chi connectivity index (χ0v) is 19.2. The molecule has 1 amide bonds. The fraction of sp³-hybridized carbons (Fsp3) is 0.458. The predicted molar refractivity (Wildman–Crippen MR) is 125 cm³/mol. The molecule has 0 atom stereocenters. The third-order valence-corrected chi connectivity index (χ3v) is 5.77. The van der Waals surface area contributed by atoms with Crippen LogP contribution in [0.4, 0.5) is 5.82 Å². The Morgan fingerprint density at radius 1 is 1.06 bits per heavy atom. The molecule has 0 N–H and O–H groups in total. The van der Waals surface area contributed by atoms with Gasteiger partial charge >= 0.3 is 0 Å². The van der Waals surface area contributed by atoms with Crippen molar-refractivity contribution in [1.29, 1.82) is 0 Å².